The zero-order chi connectivity index (χ0) is 20.9. The number of aromatic nitrogens is 4. The fourth-order valence-corrected chi connectivity index (χ4v) is 5.24. The Hall–Kier alpha value is -2.48. The Morgan fingerprint density at radius 3 is 2.66 bits per heavy atom. The highest BCUT2D eigenvalue weighted by molar-refractivity contribution is 6.30. The molecule has 0 amide bonds. The summed E-state index contributed by atoms with van der Waals surface area (Å²) in [6.07, 6.45) is 3.86. The van der Waals surface area contributed by atoms with Gasteiger partial charge < -0.3 is 9.84 Å². The number of halogens is 3. The van der Waals surface area contributed by atoms with Crippen LogP contribution in [0, 0.1) is 5.82 Å². The molecule has 1 saturated carbocycles. The van der Waals surface area contributed by atoms with Gasteiger partial charge in [0.05, 0.1) is 17.9 Å². The second-order valence-corrected chi connectivity index (χ2v) is 8.88. The molecular weight excluding hydrogens is 452 g/mol. The van der Waals surface area contributed by atoms with Gasteiger partial charge in [0, 0.05) is 28.8 Å². The summed E-state index contributed by atoms with van der Waals surface area (Å²) in [5.41, 5.74) is 3.77. The summed E-state index contributed by atoms with van der Waals surface area (Å²) >= 11 is 6.23. The average Bonchev–Trinajstić information content (AvgIpc) is 3.34. The first-order valence-corrected chi connectivity index (χ1v) is 11.0. The van der Waals surface area contributed by atoms with Gasteiger partial charge >= 0.3 is 0 Å². The van der Waals surface area contributed by atoms with Gasteiger partial charge in [0.25, 0.3) is 0 Å². The molecule has 0 saturated heterocycles. The summed E-state index contributed by atoms with van der Waals surface area (Å²) in [7, 11) is 0. The molecular formula is C23H22Cl2FN5O. The van der Waals surface area contributed by atoms with E-state index >= 15 is 0 Å². The van der Waals surface area contributed by atoms with Gasteiger partial charge in [-0.25, -0.2) is 4.39 Å². The van der Waals surface area contributed by atoms with Crippen molar-refractivity contribution in [3.05, 3.63) is 70.1 Å². The van der Waals surface area contributed by atoms with Crippen LogP contribution in [0.15, 0.2) is 40.9 Å². The van der Waals surface area contributed by atoms with E-state index < -0.39 is 0 Å². The molecule has 6 rings (SSSR count). The smallest absolute Gasteiger partial charge is 0.167 e. The first-order valence-electron chi connectivity index (χ1n) is 10.7. The third kappa shape index (κ3) is 3.58. The van der Waals surface area contributed by atoms with Crippen LogP contribution in [0.25, 0.3) is 16.7 Å². The zero-order valence-electron chi connectivity index (χ0n) is 17.2. The molecule has 0 bridgehead atoms. The van der Waals surface area contributed by atoms with E-state index in [1.807, 2.05) is 12.1 Å². The second kappa shape index (κ2) is 8.46. The minimum Gasteiger partial charge on any atom is -0.356 e. The third-order valence-corrected chi connectivity index (χ3v) is 6.81. The lowest BCUT2D eigenvalue weighted by molar-refractivity contribution is 0.360. The molecule has 1 aliphatic heterocycles. The Kier molecular flexibility index (Phi) is 5.65. The highest BCUT2D eigenvalue weighted by atomic mass is 35.5. The SMILES string of the molecule is Cl.Fc1ccc2onc(C3CCC(c4nnc5n4-c4ccc(Cl)cc4CNC5)CC3)c2c1. The second-order valence-electron chi connectivity index (χ2n) is 8.44. The zero-order valence-corrected chi connectivity index (χ0v) is 18.8. The molecule has 166 valence electrons. The van der Waals surface area contributed by atoms with Gasteiger partial charge in [0.15, 0.2) is 11.4 Å². The van der Waals surface area contributed by atoms with Crippen molar-refractivity contribution in [2.45, 2.75) is 50.6 Å². The number of hydrogen-bond acceptors (Lipinski definition) is 5. The number of hydrogen-bond donors (Lipinski definition) is 1. The monoisotopic (exact) mass is 473 g/mol. The number of nitrogens with one attached hydrogen (secondary N) is 1. The molecule has 0 unspecified atom stereocenters. The van der Waals surface area contributed by atoms with E-state index in [0.29, 0.717) is 18.0 Å². The van der Waals surface area contributed by atoms with Gasteiger partial charge in [-0.3, -0.25) is 4.57 Å². The first-order chi connectivity index (χ1) is 15.2. The predicted octanol–water partition coefficient (Wildman–Crippen LogP) is 5.67. The van der Waals surface area contributed by atoms with E-state index in [-0.39, 0.29) is 24.1 Å². The van der Waals surface area contributed by atoms with Gasteiger partial charge in [-0.2, -0.15) is 0 Å². The van der Waals surface area contributed by atoms with Crippen molar-refractivity contribution in [2.75, 3.05) is 0 Å². The van der Waals surface area contributed by atoms with Crippen molar-refractivity contribution in [1.29, 1.82) is 0 Å². The normalized spacial score (nSPS) is 20.3. The van der Waals surface area contributed by atoms with E-state index in [1.54, 1.807) is 6.07 Å². The maximum Gasteiger partial charge on any atom is 0.167 e. The van der Waals surface area contributed by atoms with Gasteiger partial charge in [-0.1, -0.05) is 16.8 Å². The molecule has 32 heavy (non-hydrogen) atoms. The molecule has 2 aliphatic rings. The van der Waals surface area contributed by atoms with Crippen molar-refractivity contribution >= 4 is 35.0 Å². The molecule has 0 radical (unpaired) electrons. The Labute approximate surface area is 195 Å². The average molecular weight is 474 g/mol. The largest absolute Gasteiger partial charge is 0.356 e. The van der Waals surface area contributed by atoms with Crippen LogP contribution in [0.5, 0.6) is 0 Å². The molecule has 3 heterocycles. The first kappa shape index (κ1) is 21.4. The van der Waals surface area contributed by atoms with Gasteiger partial charge in [0.1, 0.15) is 11.6 Å². The van der Waals surface area contributed by atoms with E-state index in [0.717, 1.165) is 71.2 Å². The molecule has 9 heteroatoms. The standard InChI is InChI=1S/C23H21ClFN5O.ClH/c24-16-5-7-19-15(9-16)11-26-12-21-27-28-23(30(19)21)14-3-1-13(2-4-14)22-18-10-17(25)6-8-20(18)31-29-22;/h5-10,13-14,26H,1-4,11-12H2;1H. The van der Waals surface area contributed by atoms with Crippen LogP contribution >= 0.6 is 24.0 Å². The van der Waals surface area contributed by atoms with Gasteiger partial charge in [-0.15, -0.1) is 22.6 Å². The van der Waals surface area contributed by atoms with Crippen molar-refractivity contribution in [1.82, 2.24) is 25.2 Å². The van der Waals surface area contributed by atoms with E-state index in [2.05, 4.69) is 31.3 Å². The fraction of sp³-hybridized carbons (Fsp3) is 0.348. The lowest BCUT2D eigenvalue weighted by atomic mass is 9.79. The summed E-state index contributed by atoms with van der Waals surface area (Å²) in [4.78, 5) is 0. The number of rotatable bonds is 2. The Morgan fingerprint density at radius 2 is 1.81 bits per heavy atom. The number of fused-ring (bicyclic) bond motifs is 4. The quantitative estimate of drug-likeness (QED) is 0.406. The summed E-state index contributed by atoms with van der Waals surface area (Å²) in [5, 5.41) is 18.3. The minimum atomic E-state index is -0.260. The van der Waals surface area contributed by atoms with Crippen molar-refractivity contribution in [3.63, 3.8) is 0 Å². The predicted molar refractivity (Wildman–Crippen MR) is 122 cm³/mol. The molecule has 0 spiro atoms. The van der Waals surface area contributed by atoms with Gasteiger partial charge in [-0.05, 0) is 67.6 Å². The van der Waals surface area contributed by atoms with Crippen LogP contribution in [-0.2, 0) is 13.1 Å². The van der Waals surface area contributed by atoms with Crippen molar-refractivity contribution in [2.24, 2.45) is 0 Å². The van der Waals surface area contributed by atoms with E-state index in [9.17, 15) is 4.39 Å². The molecule has 6 nitrogen and oxygen atoms in total. The summed E-state index contributed by atoms with van der Waals surface area (Å²) in [5.74, 6) is 2.25. The molecule has 4 aromatic rings. The maximum atomic E-state index is 13.7. The molecule has 0 atom stereocenters. The number of nitrogens with zero attached hydrogens (tertiary/aromatic N) is 4. The number of benzene rings is 2. The minimum absolute atomic E-state index is 0. The molecule has 1 fully saturated rings. The Balaban J connectivity index is 0.00000216. The highest BCUT2D eigenvalue weighted by Crippen LogP contribution is 2.42. The van der Waals surface area contributed by atoms with Crippen LogP contribution in [0.2, 0.25) is 5.02 Å². The highest BCUT2D eigenvalue weighted by Gasteiger charge is 2.31. The molecule has 2 aromatic carbocycles. The summed E-state index contributed by atoms with van der Waals surface area (Å²) < 4.78 is 21.4. The van der Waals surface area contributed by atoms with Crippen molar-refractivity contribution < 1.29 is 8.91 Å². The Morgan fingerprint density at radius 1 is 1.00 bits per heavy atom. The fourth-order valence-electron chi connectivity index (χ4n) is 5.04. The third-order valence-electron chi connectivity index (χ3n) is 6.58. The maximum absolute atomic E-state index is 13.7. The van der Waals surface area contributed by atoms with Gasteiger partial charge in [0.2, 0.25) is 0 Å². The van der Waals surface area contributed by atoms with Crippen LogP contribution in [-0.4, -0.2) is 19.9 Å². The lowest BCUT2D eigenvalue weighted by Gasteiger charge is -2.27. The molecule has 1 N–H and O–H groups in total. The molecule has 2 aromatic heterocycles. The van der Waals surface area contributed by atoms with Crippen LogP contribution in [0.3, 0.4) is 0 Å². The van der Waals surface area contributed by atoms with Crippen LogP contribution < -0.4 is 5.32 Å². The molecule has 1 aliphatic carbocycles. The van der Waals surface area contributed by atoms with Crippen molar-refractivity contribution in [3.8, 4) is 5.69 Å². The van der Waals surface area contributed by atoms with E-state index in [1.165, 1.54) is 12.1 Å². The summed E-state index contributed by atoms with van der Waals surface area (Å²) in [6, 6.07) is 10.6. The summed E-state index contributed by atoms with van der Waals surface area (Å²) in [6.45, 7) is 1.42. The Bertz CT molecular complexity index is 1280. The van der Waals surface area contributed by atoms with Crippen LogP contribution in [0.1, 0.15) is 60.4 Å². The van der Waals surface area contributed by atoms with E-state index in [4.69, 9.17) is 16.1 Å². The van der Waals surface area contributed by atoms with Crippen LogP contribution in [0.4, 0.5) is 4.39 Å². The lowest BCUT2D eigenvalue weighted by Crippen LogP contribution is -2.17. The topological polar surface area (TPSA) is 68.8 Å².